The van der Waals surface area contributed by atoms with Crippen LogP contribution in [0.1, 0.15) is 5.56 Å². The van der Waals surface area contributed by atoms with Gasteiger partial charge in [0.15, 0.2) is 0 Å². The van der Waals surface area contributed by atoms with Crippen LogP contribution in [0.2, 0.25) is 0 Å². The molecule has 0 bridgehead atoms. The Labute approximate surface area is 108 Å². The fourth-order valence-electron chi connectivity index (χ4n) is 1.70. The van der Waals surface area contributed by atoms with E-state index in [9.17, 15) is 21.6 Å². The van der Waals surface area contributed by atoms with Crippen molar-refractivity contribution in [3.8, 4) is 0 Å². The number of rotatable bonds is 3. The van der Waals surface area contributed by atoms with Crippen molar-refractivity contribution in [2.45, 2.75) is 12.1 Å². The molecular formula is C12H10F3NO2S. The van der Waals surface area contributed by atoms with E-state index < -0.39 is 22.1 Å². The normalized spacial score (nSPS) is 12.8. The van der Waals surface area contributed by atoms with E-state index >= 15 is 0 Å². The van der Waals surface area contributed by atoms with Crippen molar-refractivity contribution in [2.24, 2.45) is 0 Å². The van der Waals surface area contributed by atoms with Crippen molar-refractivity contribution < 1.29 is 21.6 Å². The van der Waals surface area contributed by atoms with Gasteiger partial charge in [0, 0.05) is 6.54 Å². The first kappa shape index (κ1) is 13.8. The van der Waals surface area contributed by atoms with Crippen molar-refractivity contribution in [1.29, 1.82) is 0 Å². The molecule has 0 saturated carbocycles. The second-order valence-corrected chi connectivity index (χ2v) is 5.67. The molecule has 2 rings (SSSR count). The quantitative estimate of drug-likeness (QED) is 0.944. The van der Waals surface area contributed by atoms with Gasteiger partial charge >= 0.3 is 15.5 Å². The molecule has 0 aromatic heterocycles. The molecule has 0 aliphatic heterocycles. The number of hydrogen-bond donors (Lipinski definition) is 1. The number of sulfonamides is 1. The summed E-state index contributed by atoms with van der Waals surface area (Å²) < 4.78 is 60.0. The Morgan fingerprint density at radius 1 is 1.00 bits per heavy atom. The van der Waals surface area contributed by atoms with Gasteiger partial charge in [0.2, 0.25) is 0 Å². The van der Waals surface area contributed by atoms with E-state index in [0.29, 0.717) is 5.56 Å². The molecule has 0 unspecified atom stereocenters. The van der Waals surface area contributed by atoms with E-state index in [1.807, 2.05) is 0 Å². The number of benzene rings is 2. The molecule has 3 nitrogen and oxygen atoms in total. The maximum Gasteiger partial charge on any atom is 0.511 e. The predicted molar refractivity (Wildman–Crippen MR) is 65.8 cm³/mol. The topological polar surface area (TPSA) is 46.2 Å². The summed E-state index contributed by atoms with van der Waals surface area (Å²) in [4.78, 5) is 0. The molecule has 0 fully saturated rings. The van der Waals surface area contributed by atoms with E-state index in [1.165, 1.54) is 0 Å². The van der Waals surface area contributed by atoms with Gasteiger partial charge in [-0.15, -0.1) is 0 Å². The number of alkyl halides is 3. The highest BCUT2D eigenvalue weighted by atomic mass is 32.2. The van der Waals surface area contributed by atoms with Crippen molar-refractivity contribution in [1.82, 2.24) is 4.72 Å². The molecule has 0 aliphatic carbocycles. The minimum Gasteiger partial charge on any atom is -0.203 e. The third-order valence-electron chi connectivity index (χ3n) is 2.64. The third kappa shape index (κ3) is 2.87. The summed E-state index contributed by atoms with van der Waals surface area (Å²) in [6.07, 6.45) is 0. The summed E-state index contributed by atoms with van der Waals surface area (Å²) in [5.41, 5.74) is -4.80. The maximum absolute atomic E-state index is 12.2. The minimum absolute atomic E-state index is 0.400. The van der Waals surface area contributed by atoms with Crippen LogP contribution >= 0.6 is 0 Å². The highest BCUT2D eigenvalue weighted by Crippen LogP contribution is 2.23. The molecule has 0 radical (unpaired) electrons. The van der Waals surface area contributed by atoms with E-state index in [2.05, 4.69) is 0 Å². The molecule has 2 aromatic rings. The zero-order valence-electron chi connectivity index (χ0n) is 9.61. The van der Waals surface area contributed by atoms with E-state index in [1.54, 1.807) is 47.2 Å². The minimum atomic E-state index is -5.31. The summed E-state index contributed by atoms with van der Waals surface area (Å²) >= 11 is 0. The van der Waals surface area contributed by atoms with E-state index in [0.717, 1.165) is 10.8 Å². The van der Waals surface area contributed by atoms with Crippen LogP contribution in [-0.2, 0) is 16.6 Å². The molecule has 0 aliphatic rings. The van der Waals surface area contributed by atoms with Gasteiger partial charge in [-0.3, -0.25) is 0 Å². The standard InChI is InChI=1S/C12H10F3NO2S/c13-12(14,15)19(17,18)16-8-10-6-3-5-9-4-1-2-7-11(9)10/h1-7,16H,8H2. The van der Waals surface area contributed by atoms with Gasteiger partial charge in [-0.05, 0) is 16.3 Å². The summed E-state index contributed by atoms with van der Waals surface area (Å²) in [5.74, 6) is 0. The Hall–Kier alpha value is -1.60. The fourth-order valence-corrected chi connectivity index (χ4v) is 2.21. The number of nitrogens with one attached hydrogen (secondary N) is 1. The van der Waals surface area contributed by atoms with Gasteiger partial charge in [-0.1, -0.05) is 42.5 Å². The Kier molecular flexibility index (Phi) is 3.51. The second kappa shape index (κ2) is 4.82. The molecule has 0 atom stereocenters. The molecule has 19 heavy (non-hydrogen) atoms. The first-order chi connectivity index (χ1) is 8.81. The summed E-state index contributed by atoms with van der Waals surface area (Å²) in [6.45, 7) is -0.400. The van der Waals surface area contributed by atoms with Gasteiger partial charge in [0.25, 0.3) is 0 Å². The smallest absolute Gasteiger partial charge is 0.203 e. The van der Waals surface area contributed by atoms with Crippen LogP contribution in [0.15, 0.2) is 42.5 Å². The van der Waals surface area contributed by atoms with E-state index in [-0.39, 0.29) is 0 Å². The van der Waals surface area contributed by atoms with Crippen LogP contribution in [0, 0.1) is 0 Å². The molecule has 0 spiro atoms. The van der Waals surface area contributed by atoms with Gasteiger partial charge in [-0.25, -0.2) is 13.1 Å². The summed E-state index contributed by atoms with van der Waals surface area (Å²) in [5, 5.41) is 1.56. The Balaban J connectivity index is 2.29. The molecule has 7 heteroatoms. The van der Waals surface area contributed by atoms with Gasteiger partial charge in [0.1, 0.15) is 0 Å². The average Bonchev–Trinajstić information content (AvgIpc) is 2.35. The fraction of sp³-hybridized carbons (Fsp3) is 0.167. The van der Waals surface area contributed by atoms with Crippen molar-refractivity contribution in [2.75, 3.05) is 0 Å². The lowest BCUT2D eigenvalue weighted by atomic mass is 10.1. The lowest BCUT2D eigenvalue weighted by Gasteiger charge is -2.11. The highest BCUT2D eigenvalue weighted by Gasteiger charge is 2.45. The van der Waals surface area contributed by atoms with Gasteiger partial charge < -0.3 is 0 Å². The molecule has 0 heterocycles. The molecule has 0 amide bonds. The monoisotopic (exact) mass is 289 g/mol. The van der Waals surface area contributed by atoms with Crippen LogP contribution in [0.4, 0.5) is 13.2 Å². The van der Waals surface area contributed by atoms with Crippen molar-refractivity contribution >= 4 is 20.8 Å². The molecule has 102 valence electrons. The summed E-state index contributed by atoms with van der Waals surface area (Å²) in [7, 11) is -5.31. The Bertz CT molecular complexity index is 690. The van der Waals surface area contributed by atoms with Crippen LogP contribution in [0.5, 0.6) is 0 Å². The number of halogens is 3. The van der Waals surface area contributed by atoms with Crippen LogP contribution in [0.3, 0.4) is 0 Å². The van der Waals surface area contributed by atoms with Gasteiger partial charge in [-0.2, -0.15) is 13.2 Å². The number of hydrogen-bond acceptors (Lipinski definition) is 2. The summed E-state index contributed by atoms with van der Waals surface area (Å²) in [6, 6.07) is 12.1. The van der Waals surface area contributed by atoms with E-state index in [4.69, 9.17) is 0 Å². The van der Waals surface area contributed by atoms with Gasteiger partial charge in [0.05, 0.1) is 0 Å². The SMILES string of the molecule is O=S(=O)(NCc1cccc2ccccc12)C(F)(F)F. The molecule has 1 N–H and O–H groups in total. The molecular weight excluding hydrogens is 279 g/mol. The first-order valence-corrected chi connectivity index (χ1v) is 6.82. The van der Waals surface area contributed by atoms with Crippen LogP contribution in [-0.4, -0.2) is 13.9 Å². The Morgan fingerprint density at radius 2 is 1.63 bits per heavy atom. The number of fused-ring (bicyclic) bond motifs is 1. The third-order valence-corrected chi connectivity index (χ3v) is 3.77. The second-order valence-electron chi connectivity index (χ2n) is 3.91. The predicted octanol–water partition coefficient (Wildman–Crippen LogP) is 2.78. The highest BCUT2D eigenvalue weighted by molar-refractivity contribution is 7.90. The zero-order chi connectivity index (χ0) is 14.1. The first-order valence-electron chi connectivity index (χ1n) is 5.34. The molecule has 2 aromatic carbocycles. The average molecular weight is 289 g/mol. The molecule has 0 saturated heterocycles. The maximum atomic E-state index is 12.2. The Morgan fingerprint density at radius 3 is 2.32 bits per heavy atom. The lowest BCUT2D eigenvalue weighted by molar-refractivity contribution is -0.0448. The van der Waals surface area contributed by atoms with Crippen molar-refractivity contribution in [3.63, 3.8) is 0 Å². The van der Waals surface area contributed by atoms with Crippen LogP contribution in [0.25, 0.3) is 10.8 Å². The van der Waals surface area contributed by atoms with Crippen LogP contribution < -0.4 is 4.72 Å². The lowest BCUT2D eigenvalue weighted by Crippen LogP contribution is -2.36. The van der Waals surface area contributed by atoms with Crippen molar-refractivity contribution in [3.05, 3.63) is 48.0 Å². The largest absolute Gasteiger partial charge is 0.511 e. The zero-order valence-corrected chi connectivity index (χ0v) is 10.4.